The number of fused-ring (bicyclic) bond motifs is 3. The molecule has 41 heavy (non-hydrogen) atoms. The van der Waals surface area contributed by atoms with E-state index in [0.29, 0.717) is 11.8 Å². The molecule has 4 aliphatic rings. The third-order valence-electron chi connectivity index (χ3n) is 10.4. The van der Waals surface area contributed by atoms with Crippen molar-refractivity contribution in [3.8, 4) is 16.2 Å². The molecule has 6 heteroatoms. The van der Waals surface area contributed by atoms with Gasteiger partial charge in [-0.15, -0.1) is 11.3 Å². The van der Waals surface area contributed by atoms with Crippen molar-refractivity contribution in [3.63, 3.8) is 0 Å². The number of carbonyl (C=O) groups excluding carboxylic acids is 1. The zero-order valence-electron chi connectivity index (χ0n) is 25.2. The van der Waals surface area contributed by atoms with Gasteiger partial charge in [0, 0.05) is 30.8 Å². The molecule has 1 aromatic carbocycles. The number of hydrogen-bond donors (Lipinski definition) is 0. The van der Waals surface area contributed by atoms with Crippen molar-refractivity contribution in [1.82, 2.24) is 9.97 Å². The molecule has 0 atom stereocenters. The molecule has 3 aromatic rings. The first-order valence-electron chi connectivity index (χ1n) is 15.7. The van der Waals surface area contributed by atoms with Gasteiger partial charge < -0.3 is 4.74 Å². The predicted molar refractivity (Wildman–Crippen MR) is 168 cm³/mol. The van der Waals surface area contributed by atoms with Crippen molar-refractivity contribution < 1.29 is 9.53 Å². The smallest absolute Gasteiger partial charge is 0.231 e. The van der Waals surface area contributed by atoms with Gasteiger partial charge in [0.25, 0.3) is 0 Å². The summed E-state index contributed by atoms with van der Waals surface area (Å²) in [7, 11) is 1.75. The number of nitrogens with zero attached hydrogens (tertiary/aromatic N) is 3. The van der Waals surface area contributed by atoms with Crippen LogP contribution in [0.25, 0.3) is 10.4 Å². The number of aryl methyl sites for hydroxylation is 1. The Balaban J connectivity index is 1.27. The molecule has 0 unspecified atom stereocenters. The van der Waals surface area contributed by atoms with Crippen molar-refractivity contribution in [2.45, 2.75) is 103 Å². The number of ether oxygens (including phenoxy) is 1. The Bertz CT molecular complexity index is 1370. The molecule has 4 fully saturated rings. The molecule has 2 heterocycles. The molecule has 2 aromatic heterocycles. The minimum absolute atomic E-state index is 0.120. The summed E-state index contributed by atoms with van der Waals surface area (Å²) >= 11 is 1.75. The molecule has 0 radical (unpaired) electrons. The fraction of sp³-hybridized carbons (Fsp3) is 0.571. The lowest BCUT2D eigenvalue weighted by atomic mass is 9.51. The van der Waals surface area contributed by atoms with E-state index in [2.05, 4.69) is 61.0 Å². The first-order valence-corrected chi connectivity index (χ1v) is 16.5. The maximum absolute atomic E-state index is 14.2. The molecular formula is C35H45N3O2S. The van der Waals surface area contributed by atoms with Gasteiger partial charge in [-0.1, -0.05) is 45.2 Å². The molecular weight excluding hydrogens is 526 g/mol. The Kier molecular flexibility index (Phi) is 7.97. The van der Waals surface area contributed by atoms with Crippen LogP contribution in [0.1, 0.15) is 107 Å². The molecule has 1 amide bonds. The van der Waals surface area contributed by atoms with Gasteiger partial charge in [0.1, 0.15) is 11.6 Å². The van der Waals surface area contributed by atoms with Crippen LogP contribution in [0.15, 0.2) is 42.7 Å². The van der Waals surface area contributed by atoms with E-state index in [1.807, 2.05) is 12.4 Å². The lowest BCUT2D eigenvalue weighted by Gasteiger charge is -2.55. The van der Waals surface area contributed by atoms with Crippen LogP contribution in [0.4, 0.5) is 5.82 Å². The average molecular weight is 572 g/mol. The first kappa shape index (κ1) is 28.4. The summed E-state index contributed by atoms with van der Waals surface area (Å²) in [6, 6.07) is 11.0. The predicted octanol–water partition coefficient (Wildman–Crippen LogP) is 8.85. The van der Waals surface area contributed by atoms with Crippen molar-refractivity contribution in [3.05, 3.63) is 58.9 Å². The highest BCUT2D eigenvalue weighted by Gasteiger charge is 2.50. The van der Waals surface area contributed by atoms with Crippen LogP contribution in [0.2, 0.25) is 0 Å². The first-order chi connectivity index (χ1) is 19.8. The quantitative estimate of drug-likeness (QED) is 0.271. The summed E-state index contributed by atoms with van der Waals surface area (Å²) in [5.41, 5.74) is 4.23. The number of aromatic nitrogens is 2. The van der Waals surface area contributed by atoms with Gasteiger partial charge >= 0.3 is 0 Å². The van der Waals surface area contributed by atoms with Crippen molar-refractivity contribution in [1.29, 1.82) is 0 Å². The Labute approximate surface area is 249 Å². The summed E-state index contributed by atoms with van der Waals surface area (Å²) < 4.78 is 5.54. The van der Waals surface area contributed by atoms with Gasteiger partial charge in [-0.2, -0.15) is 0 Å². The number of pyridine rings is 1. The number of methoxy groups -OCH3 is 1. The van der Waals surface area contributed by atoms with Gasteiger partial charge in [0.05, 0.1) is 17.0 Å². The summed E-state index contributed by atoms with van der Waals surface area (Å²) in [6.45, 7) is 7.31. The molecule has 2 bridgehead atoms. The molecule has 7 rings (SSSR count). The van der Waals surface area contributed by atoms with E-state index in [1.165, 1.54) is 56.1 Å². The Hall–Kier alpha value is -2.73. The fourth-order valence-electron chi connectivity index (χ4n) is 7.73. The summed E-state index contributed by atoms with van der Waals surface area (Å²) in [6.07, 6.45) is 16.5. The highest BCUT2D eigenvalue weighted by molar-refractivity contribution is 7.15. The molecule has 0 saturated heterocycles. The summed E-state index contributed by atoms with van der Waals surface area (Å²) in [4.78, 5) is 27.0. The number of benzene rings is 1. The number of hydrogen-bond acceptors (Lipinski definition) is 5. The van der Waals surface area contributed by atoms with E-state index >= 15 is 0 Å². The van der Waals surface area contributed by atoms with Crippen LogP contribution < -0.4 is 9.64 Å². The second-order valence-corrected chi connectivity index (χ2v) is 14.4. The second-order valence-electron chi connectivity index (χ2n) is 13.3. The minimum atomic E-state index is 0.120. The Morgan fingerprint density at radius 2 is 1.76 bits per heavy atom. The zero-order chi connectivity index (χ0) is 28.6. The Morgan fingerprint density at radius 3 is 2.39 bits per heavy atom. The van der Waals surface area contributed by atoms with E-state index in [1.54, 1.807) is 18.4 Å². The number of anilines is 1. The number of thiazole rings is 1. The minimum Gasteiger partial charge on any atom is -0.496 e. The van der Waals surface area contributed by atoms with E-state index < -0.39 is 0 Å². The lowest BCUT2D eigenvalue weighted by molar-refractivity contribution is -0.124. The summed E-state index contributed by atoms with van der Waals surface area (Å²) in [5.74, 6) is 2.61. The van der Waals surface area contributed by atoms with E-state index in [0.717, 1.165) is 59.2 Å². The van der Waals surface area contributed by atoms with Crippen LogP contribution in [0.5, 0.6) is 5.75 Å². The van der Waals surface area contributed by atoms with Gasteiger partial charge in [-0.3, -0.25) is 9.69 Å². The monoisotopic (exact) mass is 571 g/mol. The van der Waals surface area contributed by atoms with Crippen molar-refractivity contribution >= 4 is 23.1 Å². The third-order valence-corrected chi connectivity index (χ3v) is 11.8. The molecule has 4 aliphatic carbocycles. The summed E-state index contributed by atoms with van der Waals surface area (Å²) in [5, 5.41) is 1.15. The maximum atomic E-state index is 14.2. The van der Waals surface area contributed by atoms with Crippen LogP contribution in [0, 0.1) is 18.3 Å². The topological polar surface area (TPSA) is 55.3 Å². The molecule has 4 saturated carbocycles. The lowest BCUT2D eigenvalue weighted by Crippen LogP contribution is -2.51. The molecule has 0 aliphatic heterocycles. The van der Waals surface area contributed by atoms with E-state index in [9.17, 15) is 4.79 Å². The van der Waals surface area contributed by atoms with Gasteiger partial charge in [-0.05, 0) is 104 Å². The largest absolute Gasteiger partial charge is 0.496 e. The van der Waals surface area contributed by atoms with Crippen molar-refractivity contribution in [2.24, 2.45) is 11.3 Å². The van der Waals surface area contributed by atoms with Gasteiger partial charge in [-0.25, -0.2) is 9.97 Å². The van der Waals surface area contributed by atoms with Gasteiger partial charge in [0.15, 0.2) is 0 Å². The molecule has 0 spiro atoms. The van der Waals surface area contributed by atoms with Crippen LogP contribution >= 0.6 is 11.3 Å². The fourth-order valence-corrected chi connectivity index (χ4v) is 8.64. The van der Waals surface area contributed by atoms with E-state index in [-0.39, 0.29) is 16.7 Å². The number of carbonyl (C=O) groups is 1. The highest BCUT2D eigenvalue weighted by Crippen LogP contribution is 2.58. The van der Waals surface area contributed by atoms with E-state index in [4.69, 9.17) is 9.72 Å². The van der Waals surface area contributed by atoms with Crippen LogP contribution in [-0.2, 0) is 10.2 Å². The van der Waals surface area contributed by atoms with Crippen LogP contribution in [0.3, 0.4) is 0 Å². The normalized spacial score (nSPS) is 24.5. The standard InChI is InChI=1S/C35H45N3O2S/c1-24(2)32-37-22-30(41-32)27-12-19-36-31(21-27)38(33(39)26-8-6-5-7-9-26)23-34-13-16-35(17-14-34,18-15-34)28-10-11-29(40-4)25(3)20-28/h10-12,19-22,24,26H,5-9,13-18,23H2,1-4H3. The average Bonchev–Trinajstić information content (AvgIpc) is 3.52. The molecule has 5 nitrogen and oxygen atoms in total. The number of rotatable bonds is 8. The van der Waals surface area contributed by atoms with Crippen molar-refractivity contribution in [2.75, 3.05) is 18.6 Å². The highest BCUT2D eigenvalue weighted by atomic mass is 32.1. The maximum Gasteiger partial charge on any atom is 0.231 e. The molecule has 218 valence electrons. The van der Waals surface area contributed by atoms with Crippen LogP contribution in [-0.4, -0.2) is 29.5 Å². The SMILES string of the molecule is COc1ccc(C23CCC(CN(C(=O)C4CCCCC4)c4cc(-c5cnc(C(C)C)s5)ccn4)(CC2)CC3)cc1C. The second kappa shape index (κ2) is 11.5. The van der Waals surface area contributed by atoms with Gasteiger partial charge in [0.2, 0.25) is 5.91 Å². The molecule has 0 N–H and O–H groups in total. The Morgan fingerprint density at radius 1 is 1.02 bits per heavy atom. The third kappa shape index (κ3) is 5.57. The number of amides is 1. The zero-order valence-corrected chi connectivity index (χ0v) is 26.1.